The Morgan fingerprint density at radius 2 is 0.789 bits per heavy atom. The molecule has 9 heterocycles. The van der Waals surface area contributed by atoms with Crippen molar-refractivity contribution in [1.82, 2.24) is 75.3 Å². The average molecular weight is 1800 g/mol. The number of ether oxygens (including phenoxy) is 7. The van der Waals surface area contributed by atoms with Crippen molar-refractivity contribution in [3.8, 4) is 52.1 Å². The number of carbonyl (C=O) groups excluding carboxylic acids is 6. The molecule has 0 unspecified atom stereocenters. The maximum atomic E-state index is 13.5. The first-order valence-electron chi connectivity index (χ1n) is 43.7. The van der Waals surface area contributed by atoms with E-state index in [1.54, 1.807) is 86.5 Å². The van der Waals surface area contributed by atoms with Crippen molar-refractivity contribution in [3.63, 3.8) is 0 Å². The van der Waals surface area contributed by atoms with Crippen LogP contribution in [-0.4, -0.2) is 227 Å². The number of likely N-dealkylation sites (tertiary alicyclic amines) is 1. The van der Waals surface area contributed by atoms with Crippen molar-refractivity contribution in [3.05, 3.63) is 191 Å². The molecule has 9 aliphatic rings. The summed E-state index contributed by atoms with van der Waals surface area (Å²) >= 11 is 19.1. The van der Waals surface area contributed by atoms with Crippen LogP contribution in [0.2, 0.25) is 15.1 Å². The van der Waals surface area contributed by atoms with Gasteiger partial charge in [0.25, 0.3) is 35.4 Å². The quantitative estimate of drug-likeness (QED) is 0.0293. The van der Waals surface area contributed by atoms with E-state index in [1.807, 2.05) is 75.4 Å². The van der Waals surface area contributed by atoms with Crippen LogP contribution in [0, 0.1) is 32.6 Å². The molecular weight excluding hydrogens is 1700 g/mol. The number of aryl methyl sites for hydroxylation is 3. The van der Waals surface area contributed by atoms with Crippen molar-refractivity contribution in [1.29, 1.82) is 0 Å². The first kappa shape index (κ1) is 89.7. The minimum Gasteiger partial charge on any atom is -0.495 e. The van der Waals surface area contributed by atoms with Crippen LogP contribution >= 0.6 is 34.8 Å². The Morgan fingerprint density at radius 1 is 0.430 bits per heavy atom. The molecule has 0 atom stereocenters. The third kappa shape index (κ3) is 21.0. The number of halogens is 3. The number of piperazine rings is 1. The highest BCUT2D eigenvalue weighted by atomic mass is 35.5. The summed E-state index contributed by atoms with van der Waals surface area (Å²) in [5.74, 6) is 4.37. The van der Waals surface area contributed by atoms with Crippen LogP contribution < -0.4 is 60.3 Å². The van der Waals surface area contributed by atoms with Crippen LogP contribution in [-0.2, 0) is 24.4 Å². The van der Waals surface area contributed by atoms with Crippen LogP contribution in [0.5, 0.6) is 52.1 Å². The molecule has 6 aliphatic heterocycles. The van der Waals surface area contributed by atoms with E-state index in [-0.39, 0.29) is 98.1 Å². The monoisotopic (exact) mass is 1800 g/mol. The van der Waals surface area contributed by atoms with Gasteiger partial charge >= 0.3 is 0 Å². The normalized spacial score (nSPS) is 18.3. The highest BCUT2D eigenvalue weighted by Gasteiger charge is 2.37. The average Bonchev–Trinajstić information content (AvgIpc) is 1.61. The molecule has 0 bridgehead atoms. The van der Waals surface area contributed by atoms with Gasteiger partial charge in [-0.05, 0) is 198 Å². The van der Waals surface area contributed by atoms with E-state index >= 15 is 0 Å². The lowest BCUT2D eigenvalue weighted by atomic mass is 9.89. The van der Waals surface area contributed by atoms with Crippen molar-refractivity contribution in [2.75, 3.05) is 124 Å². The van der Waals surface area contributed by atoms with Gasteiger partial charge in [0.15, 0.2) is 0 Å². The summed E-state index contributed by atoms with van der Waals surface area (Å²) in [5.41, 5.74) is 9.90. The maximum absolute atomic E-state index is 13.5. The number of anilines is 6. The van der Waals surface area contributed by atoms with Crippen LogP contribution in [0.25, 0.3) is 0 Å². The molecule has 3 aromatic heterocycles. The lowest BCUT2D eigenvalue weighted by Crippen LogP contribution is -2.52. The standard InChI is InChI=1S/C36H44ClN7O4.C32H37ClN6O5.C26H26ClN5O4/c1-22-17-29(40-36-38-19-28(37)34(41-36)48-30-6-4-5-24-21-42(2)35(46)32(24)30)31(47-3)18-27(22)33(45)39-25-9-11-26(12-10-25)44-15-13-43(14-16-44)20-23-7-8-23;1-19-15-25(27(42-3)16-23(19)29(40)35-21-7-11-39(12-8-21)22-9-13-43-14-10-22)36-32-34-17-24(33)30(37-32)44-26-6-4-5-20-18-38(2)31(41)28(20)26;1-14-9-19(21(35-3)10-17(14)23(33)28-11-15-7-8-15)30-26-29-12-18(27)24(31-26)36-20-6-4-5-16-13-32(2)25(34)22(16)20/h4-6,17-19,23,25-26H,7-16,20-21H2,1-3H3,(H,39,45)(H,38,40,41);4-6,15-17,21-22H,7-14,18H2,1-3H3,(H,35,40)(H,34,36,37);4-6,9-10,12,15H,7-8,11,13H2,1-3H3,(H,28,33)(H,29,30,31). The van der Waals surface area contributed by atoms with Crippen LogP contribution in [0.3, 0.4) is 0 Å². The topological polar surface area (TPSA) is 336 Å². The summed E-state index contributed by atoms with van der Waals surface area (Å²) in [4.78, 5) is 116. The number of hydrogen-bond donors (Lipinski definition) is 6. The van der Waals surface area contributed by atoms with Crippen molar-refractivity contribution in [2.24, 2.45) is 11.8 Å². The maximum Gasteiger partial charge on any atom is 0.258 e. The zero-order chi connectivity index (χ0) is 89.6. The van der Waals surface area contributed by atoms with Crippen molar-refractivity contribution >= 4 is 105 Å². The van der Waals surface area contributed by atoms with E-state index in [2.05, 4.69) is 76.5 Å². The van der Waals surface area contributed by atoms with E-state index in [0.29, 0.717) is 129 Å². The third-order valence-corrected chi connectivity index (χ3v) is 25.9. The Hall–Kier alpha value is -11.7. The summed E-state index contributed by atoms with van der Waals surface area (Å²) in [5, 5.41) is 19.6. The van der Waals surface area contributed by atoms with E-state index in [4.69, 9.17) is 68.0 Å². The second kappa shape index (κ2) is 39.9. The number of piperidine rings is 1. The number of amides is 6. The first-order chi connectivity index (χ1) is 61.9. The number of fused-ring (bicyclic) bond motifs is 3. The van der Waals surface area contributed by atoms with Crippen LogP contribution in [0.15, 0.2) is 110 Å². The van der Waals surface area contributed by atoms with Gasteiger partial charge < -0.3 is 89.6 Å². The molecule has 6 fully saturated rings. The zero-order valence-corrected chi connectivity index (χ0v) is 75.6. The number of benzene rings is 6. The number of nitrogens with zero attached hydrogens (tertiary/aromatic N) is 12. The van der Waals surface area contributed by atoms with Gasteiger partial charge in [-0.2, -0.15) is 15.0 Å². The van der Waals surface area contributed by atoms with Crippen LogP contribution in [0.1, 0.15) is 173 Å². The molecule has 9 aromatic rings. The Kier molecular flexibility index (Phi) is 27.9. The molecule has 6 amide bonds. The molecule has 6 aromatic carbocycles. The van der Waals surface area contributed by atoms with E-state index < -0.39 is 0 Å². The van der Waals surface area contributed by atoms with Gasteiger partial charge in [-0.15, -0.1) is 0 Å². The van der Waals surface area contributed by atoms with Gasteiger partial charge in [0, 0.05) is 147 Å². The number of rotatable bonds is 26. The summed E-state index contributed by atoms with van der Waals surface area (Å²) in [6, 6.07) is 28.5. The fraction of sp³-hybridized carbons (Fsp3) is 0.426. The Bertz CT molecular complexity index is 5680. The molecular formula is C94H107Cl3N18O13. The fourth-order valence-electron chi connectivity index (χ4n) is 17.6. The molecule has 18 rings (SSSR count). The zero-order valence-electron chi connectivity index (χ0n) is 73.3. The Morgan fingerprint density at radius 3 is 1.16 bits per heavy atom. The van der Waals surface area contributed by atoms with Crippen molar-refractivity contribution < 1.29 is 61.9 Å². The minimum absolute atomic E-state index is 0.0940. The van der Waals surface area contributed by atoms with E-state index in [1.165, 1.54) is 71.0 Å². The Balaban J connectivity index is 0.000000142. The van der Waals surface area contributed by atoms with Gasteiger partial charge in [-0.3, -0.25) is 33.7 Å². The smallest absolute Gasteiger partial charge is 0.258 e. The summed E-state index contributed by atoms with van der Waals surface area (Å²) in [6.07, 6.45) is 17.7. The number of methoxy groups -OCH3 is 3. The lowest BCUT2D eigenvalue weighted by molar-refractivity contribution is 0.0238. The second-order valence-corrected chi connectivity index (χ2v) is 35.4. The molecule has 3 saturated heterocycles. The van der Waals surface area contributed by atoms with E-state index in [9.17, 15) is 28.8 Å². The predicted molar refractivity (Wildman–Crippen MR) is 486 cm³/mol. The summed E-state index contributed by atoms with van der Waals surface area (Å²) in [7, 11) is 9.87. The number of hydrogen-bond acceptors (Lipinski definition) is 25. The Labute approximate surface area is 758 Å². The SMILES string of the molecule is COc1cc(C(=O)NC2CCC(N3CCN(CC4CC4)CC3)CC2)c(C)cc1Nc1ncc(Cl)c(Oc2cccc3c2C(=O)N(C)C3)n1.COc1cc(C(=O)NC2CCN(C3CCOCC3)CC2)c(C)cc1Nc1ncc(Cl)c(Oc2cccc3c2C(=O)N(C)C3)n1.COc1cc(C(=O)NCC2CC2)c(C)cc1Nc1ncc(Cl)c(Oc2cccc3c2C(=O)N(C)C3)n1. The molecule has 0 radical (unpaired) electrons. The predicted octanol–water partition coefficient (Wildman–Crippen LogP) is 15.3. The molecule has 3 aliphatic carbocycles. The molecule has 31 nitrogen and oxygen atoms in total. The molecule has 34 heteroatoms. The molecule has 6 N–H and O–H groups in total. The highest BCUT2D eigenvalue weighted by Crippen LogP contribution is 2.43. The summed E-state index contributed by atoms with van der Waals surface area (Å²) in [6.45, 7) is 17.5. The van der Waals surface area contributed by atoms with Crippen LogP contribution in [0.4, 0.5) is 34.9 Å². The van der Waals surface area contributed by atoms with E-state index in [0.717, 1.165) is 130 Å². The molecule has 0 spiro atoms. The molecule has 3 saturated carbocycles. The number of aromatic nitrogens is 6. The van der Waals surface area contributed by atoms with Gasteiger partial charge in [-0.1, -0.05) is 71.2 Å². The second-order valence-electron chi connectivity index (χ2n) is 34.2. The minimum atomic E-state index is -0.127. The largest absolute Gasteiger partial charge is 0.495 e. The lowest BCUT2D eigenvalue weighted by Gasteiger charge is -2.42. The third-order valence-electron chi connectivity index (χ3n) is 25.1. The van der Waals surface area contributed by atoms with Gasteiger partial charge in [0.2, 0.25) is 35.5 Å². The van der Waals surface area contributed by atoms with Gasteiger partial charge in [0.05, 0.1) is 73.7 Å². The van der Waals surface area contributed by atoms with Gasteiger partial charge in [0.1, 0.15) is 49.6 Å². The molecule has 672 valence electrons. The molecule has 128 heavy (non-hydrogen) atoms. The summed E-state index contributed by atoms with van der Waals surface area (Å²) < 4.78 is 40.4. The fourth-order valence-corrected chi connectivity index (χ4v) is 18.0. The first-order valence-corrected chi connectivity index (χ1v) is 44.8. The highest BCUT2D eigenvalue weighted by molar-refractivity contribution is 6.32. The van der Waals surface area contributed by atoms with Gasteiger partial charge in [-0.25, -0.2) is 15.0 Å². The number of nitrogens with one attached hydrogen (secondary N) is 6. The number of carbonyl (C=O) groups is 6. The van der Waals surface area contributed by atoms with Crippen molar-refractivity contribution in [2.45, 2.75) is 142 Å².